The largest absolute Gasteiger partial charge is 0.469 e. The molecular weight excluding hydrogens is 367 g/mol. The molecule has 0 aliphatic heterocycles. The van der Waals surface area contributed by atoms with Crippen molar-refractivity contribution in [3.63, 3.8) is 0 Å². The van der Waals surface area contributed by atoms with Gasteiger partial charge in [0.25, 0.3) is 0 Å². The molecule has 0 amide bonds. The van der Waals surface area contributed by atoms with E-state index in [9.17, 15) is 9.90 Å². The number of halogens is 1. The fourth-order valence-electron chi connectivity index (χ4n) is 8.34. The molecule has 1 N–H and O–H groups in total. The van der Waals surface area contributed by atoms with Crippen molar-refractivity contribution in [2.45, 2.75) is 91.1 Å². The first-order valence-electron chi connectivity index (χ1n) is 11.8. The molecule has 8 atom stereocenters. The zero-order valence-electron chi connectivity index (χ0n) is 18.7. The lowest BCUT2D eigenvalue weighted by Gasteiger charge is -2.58. The van der Waals surface area contributed by atoms with Crippen LogP contribution >= 0.6 is 0 Å². The highest BCUT2D eigenvalue weighted by Crippen LogP contribution is 2.68. The second-order valence-electron chi connectivity index (χ2n) is 11.1. The van der Waals surface area contributed by atoms with Gasteiger partial charge in [-0.3, -0.25) is 4.79 Å². The van der Waals surface area contributed by atoms with Crippen LogP contribution in [0.2, 0.25) is 0 Å². The molecule has 4 aliphatic rings. The van der Waals surface area contributed by atoms with Gasteiger partial charge in [-0.1, -0.05) is 20.8 Å². The summed E-state index contributed by atoms with van der Waals surface area (Å²) in [5, 5.41) is 10.1. The summed E-state index contributed by atoms with van der Waals surface area (Å²) < 4.78 is 20.2. The number of methoxy groups -OCH3 is 1. The van der Waals surface area contributed by atoms with Gasteiger partial charge in [0.1, 0.15) is 5.83 Å². The minimum absolute atomic E-state index is 0.0534. The van der Waals surface area contributed by atoms with E-state index in [0.29, 0.717) is 48.9 Å². The van der Waals surface area contributed by atoms with E-state index in [1.165, 1.54) is 32.8 Å². The highest BCUT2D eigenvalue weighted by atomic mass is 19.1. The molecule has 0 aromatic carbocycles. The van der Waals surface area contributed by atoms with Crippen LogP contribution in [-0.4, -0.2) is 24.3 Å². The molecule has 0 aromatic rings. The number of fused-ring (bicyclic) bond motifs is 5. The molecule has 3 saturated carbocycles. The number of ether oxygens (including phenoxy) is 1. The molecule has 0 bridgehead atoms. The van der Waals surface area contributed by atoms with Gasteiger partial charge in [-0.2, -0.15) is 0 Å². The molecule has 0 aromatic heterocycles. The number of hydrogen-bond donors (Lipinski definition) is 1. The van der Waals surface area contributed by atoms with Gasteiger partial charge in [0.05, 0.1) is 13.2 Å². The number of aliphatic hydroxyl groups is 1. The predicted molar refractivity (Wildman–Crippen MR) is 112 cm³/mol. The van der Waals surface area contributed by atoms with Crippen molar-refractivity contribution in [3.8, 4) is 0 Å². The van der Waals surface area contributed by atoms with Crippen molar-refractivity contribution in [2.24, 2.45) is 40.4 Å². The van der Waals surface area contributed by atoms with Crippen molar-refractivity contribution in [2.75, 3.05) is 7.11 Å². The maximum atomic E-state index is 15.3. The van der Waals surface area contributed by atoms with Gasteiger partial charge in [0.15, 0.2) is 0 Å². The number of rotatable bonds is 4. The third-order valence-electron chi connectivity index (χ3n) is 9.92. The Hall–Kier alpha value is -0.900. The summed E-state index contributed by atoms with van der Waals surface area (Å²) in [7, 11) is 1.46. The van der Waals surface area contributed by atoms with Crippen molar-refractivity contribution in [1.82, 2.24) is 0 Å². The van der Waals surface area contributed by atoms with E-state index in [1.807, 2.05) is 0 Å². The molecule has 0 saturated heterocycles. The summed E-state index contributed by atoms with van der Waals surface area (Å²) in [5.74, 6) is 2.69. The lowest BCUT2D eigenvalue weighted by Crippen LogP contribution is -2.51. The number of carbonyl (C=O) groups is 1. The summed E-state index contributed by atoms with van der Waals surface area (Å²) >= 11 is 0. The first-order chi connectivity index (χ1) is 13.7. The molecule has 0 unspecified atom stereocenters. The van der Waals surface area contributed by atoms with Crippen LogP contribution in [0.4, 0.5) is 4.39 Å². The second kappa shape index (κ2) is 7.66. The average molecular weight is 407 g/mol. The monoisotopic (exact) mass is 406 g/mol. The molecule has 0 spiro atoms. The Balaban J connectivity index is 1.55. The fraction of sp³-hybridized carbons (Fsp3) is 0.880. The summed E-state index contributed by atoms with van der Waals surface area (Å²) in [6, 6.07) is 0. The van der Waals surface area contributed by atoms with Gasteiger partial charge >= 0.3 is 5.97 Å². The third kappa shape index (κ3) is 3.38. The van der Waals surface area contributed by atoms with Crippen LogP contribution in [0, 0.1) is 40.4 Å². The number of esters is 1. The van der Waals surface area contributed by atoms with Gasteiger partial charge in [-0.25, -0.2) is 4.39 Å². The maximum Gasteiger partial charge on any atom is 0.305 e. The maximum absolute atomic E-state index is 15.3. The SMILES string of the molecule is COC(=O)CC[C@@H](C)[C@H]1CC[C@H]2[C@@H]3CC(F)=C4C[C@H](O)CC[C@]4(C)[C@H]3CC[C@]12C. The Morgan fingerprint density at radius 3 is 2.66 bits per heavy atom. The van der Waals surface area contributed by atoms with Crippen LogP contribution in [0.15, 0.2) is 11.4 Å². The molecular formula is C25H39FO3. The Morgan fingerprint density at radius 2 is 1.93 bits per heavy atom. The quantitative estimate of drug-likeness (QED) is 0.599. The van der Waals surface area contributed by atoms with E-state index in [-0.39, 0.29) is 28.7 Å². The van der Waals surface area contributed by atoms with E-state index in [4.69, 9.17) is 4.74 Å². The predicted octanol–water partition coefficient (Wildman–Crippen LogP) is 5.81. The normalized spacial score (nSPS) is 45.2. The topological polar surface area (TPSA) is 46.5 Å². The van der Waals surface area contributed by atoms with Crippen molar-refractivity contribution in [3.05, 3.63) is 11.4 Å². The molecule has 0 radical (unpaired) electrons. The second-order valence-corrected chi connectivity index (χ2v) is 11.1. The van der Waals surface area contributed by atoms with Gasteiger partial charge in [0.2, 0.25) is 0 Å². The first kappa shape index (κ1) is 21.3. The van der Waals surface area contributed by atoms with Gasteiger partial charge in [0, 0.05) is 12.8 Å². The fourth-order valence-corrected chi connectivity index (χ4v) is 8.34. The van der Waals surface area contributed by atoms with Crippen molar-refractivity contribution in [1.29, 1.82) is 0 Å². The molecule has 0 heterocycles. The van der Waals surface area contributed by atoms with Crippen molar-refractivity contribution >= 4 is 5.97 Å². The number of carbonyl (C=O) groups excluding carboxylic acids is 1. The average Bonchev–Trinajstić information content (AvgIpc) is 3.05. The van der Waals surface area contributed by atoms with Gasteiger partial charge in [-0.15, -0.1) is 0 Å². The minimum atomic E-state index is -0.360. The molecule has 4 aliphatic carbocycles. The Bertz CT molecular complexity index is 688. The number of allylic oxidation sites excluding steroid dienone is 1. The number of hydrogen-bond acceptors (Lipinski definition) is 3. The standard InChI is InChI=1S/C25H39FO3/c1-15(5-8-23(28)29-4)18-6-7-19-17-14-22(26)21-13-16(27)9-11-25(21,3)20(17)10-12-24(18,19)2/h15-20,27H,5-14H2,1-4H3/t15-,16-,17+,18-,19+,20+,24-,25-/m1/s1. The molecule has 4 rings (SSSR count). The van der Waals surface area contributed by atoms with Crippen LogP contribution in [-0.2, 0) is 9.53 Å². The molecule has 29 heavy (non-hydrogen) atoms. The Kier molecular flexibility index (Phi) is 5.63. The minimum Gasteiger partial charge on any atom is -0.469 e. The van der Waals surface area contributed by atoms with Crippen LogP contribution in [0.1, 0.15) is 85.0 Å². The van der Waals surface area contributed by atoms with E-state index in [1.54, 1.807) is 0 Å². The summed E-state index contributed by atoms with van der Waals surface area (Å²) in [5.41, 5.74) is 1.16. The zero-order chi connectivity index (χ0) is 21.0. The molecule has 3 nitrogen and oxygen atoms in total. The number of aliphatic hydroxyl groups excluding tert-OH is 1. The van der Waals surface area contributed by atoms with Gasteiger partial charge < -0.3 is 9.84 Å². The van der Waals surface area contributed by atoms with E-state index in [2.05, 4.69) is 20.8 Å². The highest BCUT2D eigenvalue weighted by molar-refractivity contribution is 5.69. The van der Waals surface area contributed by atoms with Crippen LogP contribution < -0.4 is 0 Å². The molecule has 3 fully saturated rings. The Morgan fingerprint density at radius 1 is 1.17 bits per heavy atom. The summed E-state index contributed by atoms with van der Waals surface area (Å²) in [4.78, 5) is 11.6. The van der Waals surface area contributed by atoms with E-state index < -0.39 is 0 Å². The molecule has 164 valence electrons. The molecule has 4 heteroatoms. The lowest BCUT2D eigenvalue weighted by atomic mass is 9.46. The summed E-state index contributed by atoms with van der Waals surface area (Å²) in [6.07, 6.45) is 8.72. The zero-order valence-corrected chi connectivity index (χ0v) is 18.7. The highest BCUT2D eigenvalue weighted by Gasteiger charge is 2.60. The van der Waals surface area contributed by atoms with E-state index in [0.717, 1.165) is 24.8 Å². The lowest BCUT2D eigenvalue weighted by molar-refractivity contribution is -0.141. The van der Waals surface area contributed by atoms with E-state index >= 15 is 4.39 Å². The van der Waals surface area contributed by atoms with Crippen molar-refractivity contribution < 1.29 is 19.0 Å². The Labute approximate surface area is 175 Å². The van der Waals surface area contributed by atoms with Gasteiger partial charge in [-0.05, 0) is 97.4 Å². The smallest absolute Gasteiger partial charge is 0.305 e. The van der Waals surface area contributed by atoms with Crippen LogP contribution in [0.3, 0.4) is 0 Å². The first-order valence-corrected chi connectivity index (χ1v) is 11.8. The third-order valence-corrected chi connectivity index (χ3v) is 9.92. The van der Waals surface area contributed by atoms with Crippen LogP contribution in [0.5, 0.6) is 0 Å². The summed E-state index contributed by atoms with van der Waals surface area (Å²) in [6.45, 7) is 7.06. The van der Waals surface area contributed by atoms with Crippen LogP contribution in [0.25, 0.3) is 0 Å².